The highest BCUT2D eigenvalue weighted by Gasteiger charge is 2.23. The monoisotopic (exact) mass is 475 g/mol. The minimum atomic E-state index is -0.486. The molecule has 0 aromatic heterocycles. The van der Waals surface area contributed by atoms with Gasteiger partial charge in [0.2, 0.25) is 0 Å². The third-order valence-corrected chi connectivity index (χ3v) is 7.84. The number of aliphatic hydroxyl groups excluding tert-OH is 1. The Labute approximate surface area is 214 Å². The van der Waals surface area contributed by atoms with Gasteiger partial charge in [-0.15, -0.1) is 0 Å². The number of rotatable bonds is 14. The van der Waals surface area contributed by atoms with Crippen molar-refractivity contribution < 1.29 is 5.11 Å². The van der Waals surface area contributed by atoms with E-state index in [1.165, 1.54) is 84.0 Å². The SMILES string of the molecule is CCCCCCN(CCCCCC)C(C)C(O)c1cc(C)c2ccc3cc(C(C)C)ccc3c2c1. The molecule has 3 rings (SSSR count). The van der Waals surface area contributed by atoms with E-state index in [1.54, 1.807) is 0 Å². The first-order valence-electron chi connectivity index (χ1n) is 14.3. The number of hydrogen-bond acceptors (Lipinski definition) is 2. The van der Waals surface area contributed by atoms with Crippen molar-refractivity contribution in [2.24, 2.45) is 0 Å². The van der Waals surface area contributed by atoms with Crippen molar-refractivity contribution in [2.45, 2.75) is 111 Å². The second-order valence-electron chi connectivity index (χ2n) is 11.0. The largest absolute Gasteiger partial charge is 0.387 e. The average molecular weight is 476 g/mol. The predicted molar refractivity (Wildman–Crippen MR) is 155 cm³/mol. The van der Waals surface area contributed by atoms with Crippen LogP contribution in [0.5, 0.6) is 0 Å². The van der Waals surface area contributed by atoms with Crippen LogP contribution in [0.2, 0.25) is 0 Å². The fourth-order valence-corrected chi connectivity index (χ4v) is 5.42. The minimum Gasteiger partial charge on any atom is -0.387 e. The van der Waals surface area contributed by atoms with Crippen LogP contribution < -0.4 is 0 Å². The standard InChI is InChI=1S/C33H49NO/c1-7-9-11-13-19-34(20-14-12-10-8-2)26(6)33(35)29-21-25(5)30-17-16-28-22-27(24(3)4)15-18-31(28)32(30)23-29/h15-18,21-24,26,33,35H,7-14,19-20H2,1-6H3. The molecule has 0 saturated carbocycles. The number of aryl methyl sites for hydroxylation is 1. The molecule has 0 radical (unpaired) electrons. The lowest BCUT2D eigenvalue weighted by Crippen LogP contribution is -2.39. The number of nitrogens with zero attached hydrogens (tertiary/aromatic N) is 1. The van der Waals surface area contributed by atoms with Gasteiger partial charge in [-0.05, 0) is 90.0 Å². The van der Waals surface area contributed by atoms with Gasteiger partial charge in [-0.25, -0.2) is 0 Å². The lowest BCUT2D eigenvalue weighted by molar-refractivity contribution is 0.0555. The summed E-state index contributed by atoms with van der Waals surface area (Å²) in [6.07, 6.45) is 9.65. The topological polar surface area (TPSA) is 23.5 Å². The Morgan fingerprint density at radius 2 is 1.31 bits per heavy atom. The van der Waals surface area contributed by atoms with Gasteiger partial charge >= 0.3 is 0 Å². The Bertz CT molecular complexity index is 1060. The average Bonchev–Trinajstić information content (AvgIpc) is 2.86. The molecule has 3 aromatic rings. The summed E-state index contributed by atoms with van der Waals surface area (Å²) in [6.45, 7) is 15.6. The Hall–Kier alpha value is -1.90. The summed E-state index contributed by atoms with van der Waals surface area (Å²) in [6, 6.07) is 16.0. The number of benzene rings is 3. The summed E-state index contributed by atoms with van der Waals surface area (Å²) < 4.78 is 0. The molecule has 0 fully saturated rings. The zero-order valence-electron chi connectivity index (χ0n) is 23.2. The summed E-state index contributed by atoms with van der Waals surface area (Å²) in [5.74, 6) is 0.520. The van der Waals surface area contributed by atoms with Gasteiger partial charge in [0.1, 0.15) is 0 Å². The highest BCUT2D eigenvalue weighted by Crippen LogP contribution is 2.33. The van der Waals surface area contributed by atoms with Crippen molar-refractivity contribution >= 4 is 21.5 Å². The summed E-state index contributed by atoms with van der Waals surface area (Å²) in [5, 5.41) is 16.7. The molecule has 2 atom stereocenters. The molecule has 0 aliphatic rings. The summed E-state index contributed by atoms with van der Waals surface area (Å²) in [4.78, 5) is 2.55. The molecule has 0 bridgehead atoms. The molecule has 2 nitrogen and oxygen atoms in total. The molecule has 2 unspecified atom stereocenters. The highest BCUT2D eigenvalue weighted by atomic mass is 16.3. The van der Waals surface area contributed by atoms with Crippen LogP contribution in [0.15, 0.2) is 42.5 Å². The van der Waals surface area contributed by atoms with Crippen molar-refractivity contribution in [3.05, 3.63) is 59.2 Å². The zero-order valence-corrected chi connectivity index (χ0v) is 23.2. The van der Waals surface area contributed by atoms with Crippen molar-refractivity contribution in [2.75, 3.05) is 13.1 Å². The van der Waals surface area contributed by atoms with E-state index in [1.807, 2.05) is 0 Å². The van der Waals surface area contributed by atoms with E-state index in [0.717, 1.165) is 18.7 Å². The molecule has 3 aromatic carbocycles. The van der Waals surface area contributed by atoms with E-state index >= 15 is 0 Å². The Kier molecular flexibility index (Phi) is 10.6. The van der Waals surface area contributed by atoms with E-state index in [-0.39, 0.29) is 6.04 Å². The van der Waals surface area contributed by atoms with Gasteiger partial charge in [-0.3, -0.25) is 4.90 Å². The van der Waals surface area contributed by atoms with Crippen molar-refractivity contribution in [3.8, 4) is 0 Å². The van der Waals surface area contributed by atoms with Gasteiger partial charge in [0.25, 0.3) is 0 Å². The number of aliphatic hydroxyl groups is 1. The second kappa shape index (κ2) is 13.4. The van der Waals surface area contributed by atoms with Crippen LogP contribution >= 0.6 is 0 Å². The lowest BCUT2D eigenvalue weighted by Gasteiger charge is -2.33. The Balaban J connectivity index is 1.89. The molecular formula is C33H49NO. The summed E-state index contributed by atoms with van der Waals surface area (Å²) in [7, 11) is 0. The highest BCUT2D eigenvalue weighted by molar-refractivity contribution is 6.08. The van der Waals surface area contributed by atoms with Gasteiger partial charge in [0.15, 0.2) is 0 Å². The van der Waals surface area contributed by atoms with Crippen LogP contribution in [0.25, 0.3) is 21.5 Å². The van der Waals surface area contributed by atoms with E-state index < -0.39 is 6.10 Å². The summed E-state index contributed by atoms with van der Waals surface area (Å²) >= 11 is 0. The summed E-state index contributed by atoms with van der Waals surface area (Å²) in [5.41, 5.74) is 3.67. The van der Waals surface area contributed by atoms with Gasteiger partial charge in [0.05, 0.1) is 6.10 Å². The quantitative estimate of drug-likeness (QED) is 0.185. The van der Waals surface area contributed by atoms with Crippen molar-refractivity contribution in [1.29, 1.82) is 0 Å². The maximum atomic E-state index is 11.6. The number of unbranched alkanes of at least 4 members (excludes halogenated alkanes) is 6. The van der Waals surface area contributed by atoms with Gasteiger partial charge < -0.3 is 5.11 Å². The fourth-order valence-electron chi connectivity index (χ4n) is 5.42. The molecule has 0 heterocycles. The van der Waals surface area contributed by atoms with Crippen LogP contribution in [-0.2, 0) is 0 Å². The van der Waals surface area contributed by atoms with E-state index in [0.29, 0.717) is 5.92 Å². The molecule has 0 aliphatic heterocycles. The van der Waals surface area contributed by atoms with Crippen molar-refractivity contribution in [3.63, 3.8) is 0 Å². The smallest absolute Gasteiger partial charge is 0.0942 e. The molecule has 2 heteroatoms. The number of hydrogen-bond donors (Lipinski definition) is 1. The Morgan fingerprint density at radius 1 is 0.686 bits per heavy atom. The molecule has 0 saturated heterocycles. The molecule has 0 amide bonds. The maximum Gasteiger partial charge on any atom is 0.0942 e. The first-order chi connectivity index (χ1) is 16.9. The molecule has 35 heavy (non-hydrogen) atoms. The molecule has 1 N–H and O–H groups in total. The van der Waals surface area contributed by atoms with Crippen LogP contribution in [-0.4, -0.2) is 29.1 Å². The third-order valence-electron chi connectivity index (χ3n) is 7.84. The normalized spacial score (nSPS) is 13.9. The van der Waals surface area contributed by atoms with Crippen LogP contribution in [0.1, 0.15) is 115 Å². The first-order valence-corrected chi connectivity index (χ1v) is 14.3. The van der Waals surface area contributed by atoms with Crippen LogP contribution in [0.4, 0.5) is 0 Å². The second-order valence-corrected chi connectivity index (χ2v) is 11.0. The predicted octanol–water partition coefficient (Wildman–Crippen LogP) is 9.31. The molecule has 192 valence electrons. The van der Waals surface area contributed by atoms with Crippen LogP contribution in [0, 0.1) is 6.92 Å². The molecular weight excluding hydrogens is 426 g/mol. The lowest BCUT2D eigenvalue weighted by atomic mass is 9.91. The fraction of sp³-hybridized carbons (Fsp3) is 0.576. The zero-order chi connectivity index (χ0) is 25.4. The number of fused-ring (bicyclic) bond motifs is 3. The maximum absolute atomic E-state index is 11.6. The van der Waals surface area contributed by atoms with Crippen LogP contribution in [0.3, 0.4) is 0 Å². The molecule has 0 spiro atoms. The minimum absolute atomic E-state index is 0.109. The van der Waals surface area contributed by atoms with Gasteiger partial charge in [-0.1, -0.05) is 103 Å². The van der Waals surface area contributed by atoms with Gasteiger partial charge in [-0.2, -0.15) is 0 Å². The van der Waals surface area contributed by atoms with Crippen molar-refractivity contribution in [1.82, 2.24) is 4.90 Å². The third kappa shape index (κ3) is 7.08. The first kappa shape index (κ1) is 27.7. The van der Waals surface area contributed by atoms with E-state index in [2.05, 4.69) is 88.9 Å². The Morgan fingerprint density at radius 3 is 1.91 bits per heavy atom. The van der Waals surface area contributed by atoms with E-state index in [4.69, 9.17) is 0 Å². The molecule has 0 aliphatic carbocycles. The van der Waals surface area contributed by atoms with E-state index in [9.17, 15) is 5.11 Å². The van der Waals surface area contributed by atoms with Gasteiger partial charge in [0, 0.05) is 6.04 Å².